The van der Waals surface area contributed by atoms with Crippen LogP contribution in [0.1, 0.15) is 33.6 Å². The Morgan fingerprint density at radius 1 is 1.42 bits per heavy atom. The first kappa shape index (κ1) is 18.1. The van der Waals surface area contributed by atoms with Gasteiger partial charge in [-0.2, -0.15) is 0 Å². The highest BCUT2D eigenvalue weighted by Crippen LogP contribution is 2.39. The minimum atomic E-state index is -1.66. The predicted molar refractivity (Wildman–Crippen MR) is 94.4 cm³/mol. The molecule has 2 aromatic rings. The van der Waals surface area contributed by atoms with E-state index in [1.165, 1.54) is 6.33 Å². The SMILES string of the molecule is CC(C)(C)OC(=O)C1(C(=O)O)CCN(c2ncnc3[nH]ccc23)C(N)C1. The lowest BCUT2D eigenvalue weighted by Crippen LogP contribution is -2.58. The zero-order valence-electron chi connectivity index (χ0n) is 15.0. The molecule has 0 bridgehead atoms. The second-order valence-corrected chi connectivity index (χ2v) is 7.54. The Labute approximate surface area is 150 Å². The van der Waals surface area contributed by atoms with Crippen LogP contribution in [-0.2, 0) is 14.3 Å². The summed E-state index contributed by atoms with van der Waals surface area (Å²) in [7, 11) is 0. The van der Waals surface area contributed by atoms with Crippen LogP contribution in [0.4, 0.5) is 5.82 Å². The van der Waals surface area contributed by atoms with Crippen LogP contribution in [0.3, 0.4) is 0 Å². The lowest BCUT2D eigenvalue weighted by Gasteiger charge is -2.42. The third-order valence-corrected chi connectivity index (χ3v) is 4.54. The molecule has 3 heterocycles. The first-order chi connectivity index (χ1) is 12.1. The third-order valence-electron chi connectivity index (χ3n) is 4.54. The highest BCUT2D eigenvalue weighted by Gasteiger charge is 2.53. The number of aromatic nitrogens is 3. The summed E-state index contributed by atoms with van der Waals surface area (Å²) in [5.41, 5.74) is 4.51. The number of esters is 1. The van der Waals surface area contributed by atoms with E-state index in [1.807, 2.05) is 11.0 Å². The van der Waals surface area contributed by atoms with E-state index < -0.39 is 29.1 Å². The normalized spacial score (nSPS) is 23.8. The minimum absolute atomic E-state index is 0.0623. The fraction of sp³-hybridized carbons (Fsp3) is 0.529. The van der Waals surface area contributed by atoms with E-state index in [0.29, 0.717) is 11.5 Å². The summed E-state index contributed by atoms with van der Waals surface area (Å²) in [5.74, 6) is -1.34. The Bertz CT molecular complexity index is 843. The minimum Gasteiger partial charge on any atom is -0.480 e. The molecule has 1 fully saturated rings. The summed E-state index contributed by atoms with van der Waals surface area (Å²) >= 11 is 0. The average Bonchev–Trinajstić information content (AvgIpc) is 3.01. The highest BCUT2D eigenvalue weighted by atomic mass is 16.6. The maximum atomic E-state index is 12.6. The van der Waals surface area contributed by atoms with Crippen molar-refractivity contribution in [2.24, 2.45) is 11.1 Å². The van der Waals surface area contributed by atoms with Gasteiger partial charge in [-0.25, -0.2) is 9.97 Å². The van der Waals surface area contributed by atoms with Gasteiger partial charge >= 0.3 is 11.9 Å². The number of rotatable bonds is 3. The number of fused-ring (bicyclic) bond motifs is 1. The standard InChI is InChI=1S/C17H23N5O4/c1-16(2,3)26-15(25)17(14(23)24)5-7-22(11(18)8-17)13-10-4-6-19-12(10)20-9-21-13/h4,6,9,11H,5,7-8,18H2,1-3H3,(H,23,24)(H,19,20,21). The first-order valence-corrected chi connectivity index (χ1v) is 8.41. The quantitative estimate of drug-likeness (QED) is 0.549. The van der Waals surface area contributed by atoms with E-state index in [4.69, 9.17) is 10.5 Å². The molecule has 2 atom stereocenters. The molecular weight excluding hydrogens is 338 g/mol. The van der Waals surface area contributed by atoms with Crippen molar-refractivity contribution in [1.82, 2.24) is 15.0 Å². The fourth-order valence-electron chi connectivity index (χ4n) is 3.24. The van der Waals surface area contributed by atoms with E-state index >= 15 is 0 Å². The third kappa shape index (κ3) is 3.10. The molecule has 4 N–H and O–H groups in total. The van der Waals surface area contributed by atoms with Gasteiger partial charge in [0.05, 0.1) is 11.6 Å². The summed E-state index contributed by atoms with van der Waals surface area (Å²) in [4.78, 5) is 37.8. The van der Waals surface area contributed by atoms with Crippen LogP contribution in [0.25, 0.3) is 11.0 Å². The first-order valence-electron chi connectivity index (χ1n) is 8.41. The molecule has 0 aromatic carbocycles. The van der Waals surface area contributed by atoms with Crippen molar-refractivity contribution in [3.63, 3.8) is 0 Å². The molecule has 26 heavy (non-hydrogen) atoms. The van der Waals surface area contributed by atoms with Crippen LogP contribution < -0.4 is 10.6 Å². The predicted octanol–water partition coefficient (Wildman–Crippen LogP) is 1.26. The molecule has 1 aliphatic heterocycles. The molecule has 0 spiro atoms. The zero-order valence-corrected chi connectivity index (χ0v) is 15.0. The van der Waals surface area contributed by atoms with E-state index in [0.717, 1.165) is 5.39 Å². The summed E-state index contributed by atoms with van der Waals surface area (Å²) in [5, 5.41) is 10.6. The number of nitrogens with zero attached hydrogens (tertiary/aromatic N) is 3. The summed E-state index contributed by atoms with van der Waals surface area (Å²) < 4.78 is 5.36. The number of hydrogen-bond acceptors (Lipinski definition) is 7. The largest absolute Gasteiger partial charge is 0.480 e. The van der Waals surface area contributed by atoms with Gasteiger partial charge in [0.15, 0.2) is 5.41 Å². The van der Waals surface area contributed by atoms with Crippen LogP contribution in [0, 0.1) is 5.41 Å². The van der Waals surface area contributed by atoms with Gasteiger partial charge in [0.2, 0.25) is 0 Å². The topological polar surface area (TPSA) is 134 Å². The number of nitrogens with one attached hydrogen (secondary N) is 1. The van der Waals surface area contributed by atoms with Gasteiger partial charge in [-0.3, -0.25) is 9.59 Å². The lowest BCUT2D eigenvalue weighted by atomic mass is 9.77. The molecule has 9 heteroatoms. The van der Waals surface area contributed by atoms with Gasteiger partial charge in [0, 0.05) is 19.2 Å². The van der Waals surface area contributed by atoms with Crippen molar-refractivity contribution in [3.05, 3.63) is 18.6 Å². The Balaban J connectivity index is 1.89. The van der Waals surface area contributed by atoms with Crippen molar-refractivity contribution in [2.75, 3.05) is 11.4 Å². The second-order valence-electron chi connectivity index (χ2n) is 7.54. The van der Waals surface area contributed by atoms with Crippen LogP contribution >= 0.6 is 0 Å². The number of carboxylic acid groups (broad SMARTS) is 1. The Morgan fingerprint density at radius 3 is 2.77 bits per heavy atom. The second kappa shape index (κ2) is 6.24. The molecule has 0 radical (unpaired) electrons. The number of carbonyl (C=O) groups excluding carboxylic acids is 1. The molecule has 3 rings (SSSR count). The van der Waals surface area contributed by atoms with Gasteiger partial charge in [-0.15, -0.1) is 0 Å². The average molecular weight is 361 g/mol. The van der Waals surface area contributed by atoms with Crippen LogP contribution in [0.5, 0.6) is 0 Å². The van der Waals surface area contributed by atoms with Crippen LogP contribution in [-0.4, -0.2) is 50.3 Å². The zero-order chi connectivity index (χ0) is 19.1. The lowest BCUT2D eigenvalue weighted by molar-refractivity contribution is -0.179. The number of carboxylic acids is 1. The number of carbonyl (C=O) groups is 2. The number of nitrogens with two attached hydrogens (primary N) is 1. The summed E-state index contributed by atoms with van der Waals surface area (Å²) in [6.45, 7) is 5.39. The number of aliphatic carboxylic acids is 1. The summed E-state index contributed by atoms with van der Waals surface area (Å²) in [6, 6.07) is 1.84. The highest BCUT2D eigenvalue weighted by molar-refractivity contribution is 6.00. The number of hydrogen-bond donors (Lipinski definition) is 3. The van der Waals surface area contributed by atoms with Crippen molar-refractivity contribution < 1.29 is 19.4 Å². The Morgan fingerprint density at radius 2 is 2.15 bits per heavy atom. The summed E-state index contributed by atoms with van der Waals surface area (Å²) in [6.07, 6.45) is 2.50. The van der Waals surface area contributed by atoms with Crippen molar-refractivity contribution >= 4 is 28.8 Å². The molecule has 0 amide bonds. The van der Waals surface area contributed by atoms with Crippen LogP contribution in [0.15, 0.2) is 18.6 Å². The molecule has 0 aliphatic carbocycles. The molecule has 2 aromatic heterocycles. The number of aromatic amines is 1. The number of H-pyrrole nitrogens is 1. The molecule has 1 aliphatic rings. The van der Waals surface area contributed by atoms with Crippen molar-refractivity contribution in [1.29, 1.82) is 0 Å². The maximum absolute atomic E-state index is 12.6. The molecule has 2 unspecified atom stereocenters. The Kier molecular flexibility index (Phi) is 4.35. The van der Waals surface area contributed by atoms with Gasteiger partial charge < -0.3 is 25.5 Å². The number of ether oxygens (including phenoxy) is 1. The van der Waals surface area contributed by atoms with Crippen molar-refractivity contribution in [3.8, 4) is 0 Å². The van der Waals surface area contributed by atoms with Gasteiger partial charge in [0.1, 0.15) is 23.4 Å². The molecule has 9 nitrogen and oxygen atoms in total. The Hall–Kier alpha value is -2.68. The monoisotopic (exact) mass is 361 g/mol. The molecular formula is C17H23N5O4. The van der Waals surface area contributed by atoms with Gasteiger partial charge in [0.25, 0.3) is 0 Å². The van der Waals surface area contributed by atoms with Crippen LogP contribution in [0.2, 0.25) is 0 Å². The fourth-order valence-corrected chi connectivity index (χ4v) is 3.24. The maximum Gasteiger partial charge on any atom is 0.324 e. The van der Waals surface area contributed by atoms with E-state index in [-0.39, 0.29) is 19.4 Å². The molecule has 1 saturated heterocycles. The smallest absolute Gasteiger partial charge is 0.324 e. The van der Waals surface area contributed by atoms with Crippen molar-refractivity contribution in [2.45, 2.75) is 45.4 Å². The number of anilines is 1. The molecule has 140 valence electrons. The number of piperidine rings is 1. The van der Waals surface area contributed by atoms with Gasteiger partial charge in [-0.1, -0.05) is 0 Å². The van der Waals surface area contributed by atoms with Gasteiger partial charge in [-0.05, 0) is 33.3 Å². The van der Waals surface area contributed by atoms with E-state index in [9.17, 15) is 14.7 Å². The molecule has 0 saturated carbocycles. The van der Waals surface area contributed by atoms with E-state index in [1.54, 1.807) is 27.0 Å². The van der Waals surface area contributed by atoms with E-state index in [2.05, 4.69) is 15.0 Å².